The van der Waals surface area contributed by atoms with Crippen molar-refractivity contribution in [1.29, 1.82) is 0 Å². The fraction of sp³-hybridized carbons (Fsp3) is 0.622. The second kappa shape index (κ2) is 12.8. The van der Waals surface area contributed by atoms with Crippen LogP contribution in [0.2, 0.25) is 0 Å². The van der Waals surface area contributed by atoms with Gasteiger partial charge in [-0.1, -0.05) is 30.3 Å². The highest BCUT2D eigenvalue weighted by Gasteiger charge is 2.45. The van der Waals surface area contributed by atoms with Crippen LogP contribution in [0.15, 0.2) is 42.5 Å². The van der Waals surface area contributed by atoms with E-state index >= 15 is 0 Å². The Hall–Kier alpha value is -2.90. The number of methoxy groups -OCH3 is 1. The quantitative estimate of drug-likeness (QED) is 0.391. The summed E-state index contributed by atoms with van der Waals surface area (Å²) in [6, 6.07) is 14.5. The van der Waals surface area contributed by atoms with E-state index in [1.54, 1.807) is 7.11 Å². The zero-order chi connectivity index (χ0) is 31.8. The van der Waals surface area contributed by atoms with Gasteiger partial charge >= 0.3 is 5.97 Å². The monoisotopic (exact) mass is 603 g/mol. The molecular formula is C37H53N3O4. The van der Waals surface area contributed by atoms with Crippen LogP contribution >= 0.6 is 0 Å². The number of nitrogens with zero attached hydrogens (tertiary/aromatic N) is 3. The Kier molecular flexibility index (Phi) is 9.48. The molecule has 1 amide bonds. The average molecular weight is 604 g/mol. The minimum Gasteiger partial charge on any atom is -0.497 e. The zero-order valence-electron chi connectivity index (χ0n) is 28.2. The van der Waals surface area contributed by atoms with Crippen molar-refractivity contribution in [3.05, 3.63) is 64.7 Å². The van der Waals surface area contributed by atoms with E-state index in [2.05, 4.69) is 72.7 Å². The Morgan fingerprint density at radius 1 is 0.909 bits per heavy atom. The summed E-state index contributed by atoms with van der Waals surface area (Å²) in [6.45, 7) is 18.1. The Morgan fingerprint density at radius 3 is 2.25 bits per heavy atom. The number of ether oxygens (including phenoxy) is 2. The van der Waals surface area contributed by atoms with E-state index in [0.717, 1.165) is 31.7 Å². The molecule has 2 unspecified atom stereocenters. The van der Waals surface area contributed by atoms with Gasteiger partial charge in [-0.2, -0.15) is 0 Å². The molecule has 1 aliphatic carbocycles. The van der Waals surface area contributed by atoms with Crippen LogP contribution in [0.1, 0.15) is 83.1 Å². The molecule has 2 heterocycles. The van der Waals surface area contributed by atoms with Crippen LogP contribution < -0.4 is 4.74 Å². The van der Waals surface area contributed by atoms with Crippen molar-refractivity contribution in [1.82, 2.24) is 14.7 Å². The number of esters is 1. The van der Waals surface area contributed by atoms with Crippen LogP contribution in [0.5, 0.6) is 5.75 Å². The predicted molar refractivity (Wildman–Crippen MR) is 175 cm³/mol. The Morgan fingerprint density at radius 2 is 1.61 bits per heavy atom. The van der Waals surface area contributed by atoms with Crippen molar-refractivity contribution in [2.75, 3.05) is 39.8 Å². The number of rotatable bonds is 7. The molecule has 4 atom stereocenters. The Bertz CT molecular complexity index is 1330. The molecule has 0 bridgehead atoms. The fourth-order valence-corrected chi connectivity index (χ4v) is 7.31. The van der Waals surface area contributed by atoms with Gasteiger partial charge in [0.05, 0.1) is 13.0 Å². The first-order valence-electron chi connectivity index (χ1n) is 16.5. The zero-order valence-corrected chi connectivity index (χ0v) is 28.2. The van der Waals surface area contributed by atoms with Gasteiger partial charge in [0.15, 0.2) is 0 Å². The fourth-order valence-electron chi connectivity index (χ4n) is 7.31. The van der Waals surface area contributed by atoms with Crippen LogP contribution in [0.3, 0.4) is 0 Å². The molecule has 0 N–H and O–H groups in total. The van der Waals surface area contributed by atoms with Gasteiger partial charge in [-0.3, -0.25) is 19.4 Å². The molecule has 0 spiro atoms. The maximum Gasteiger partial charge on any atom is 0.324 e. The first-order chi connectivity index (χ1) is 20.7. The van der Waals surface area contributed by atoms with Crippen LogP contribution in [0.4, 0.5) is 0 Å². The van der Waals surface area contributed by atoms with Crippen LogP contribution in [-0.4, -0.2) is 89.6 Å². The van der Waals surface area contributed by atoms with Gasteiger partial charge < -0.3 is 14.4 Å². The number of amides is 1. The van der Waals surface area contributed by atoms with Crippen molar-refractivity contribution in [3.8, 4) is 5.75 Å². The average Bonchev–Trinajstić information content (AvgIpc) is 3.62. The topological polar surface area (TPSA) is 62.3 Å². The van der Waals surface area contributed by atoms with Crippen molar-refractivity contribution < 1.29 is 19.1 Å². The first kappa shape index (κ1) is 32.5. The Labute approximate surface area is 264 Å². The van der Waals surface area contributed by atoms with Gasteiger partial charge in [0.1, 0.15) is 17.4 Å². The highest BCUT2D eigenvalue weighted by Crippen LogP contribution is 2.38. The lowest BCUT2D eigenvalue weighted by molar-refractivity contribution is -0.163. The maximum atomic E-state index is 14.4. The SMILES string of the molecule is COc1ccc(C2CN(C(C)(C)C)CC2C(=O)N2CCN([C@@H](Cc3ccc4c(c3)CCC4)C(=O)OC(C)(C)C)C[C@@H]2C)cc1. The lowest BCUT2D eigenvalue weighted by atomic mass is 9.87. The molecule has 2 aromatic carbocycles. The molecule has 2 saturated heterocycles. The van der Waals surface area contributed by atoms with E-state index in [1.165, 1.54) is 28.7 Å². The van der Waals surface area contributed by atoms with E-state index < -0.39 is 5.60 Å². The third-order valence-corrected chi connectivity index (χ3v) is 9.78. The molecule has 0 radical (unpaired) electrons. The van der Waals surface area contributed by atoms with Crippen molar-refractivity contribution in [2.24, 2.45) is 5.92 Å². The minimum atomic E-state index is -0.561. The molecule has 0 saturated carbocycles. The lowest BCUT2D eigenvalue weighted by Gasteiger charge is -2.44. The van der Waals surface area contributed by atoms with E-state index in [1.807, 2.05) is 32.9 Å². The number of likely N-dealkylation sites (tertiary alicyclic amines) is 1. The summed E-state index contributed by atoms with van der Waals surface area (Å²) in [5, 5.41) is 0. The summed E-state index contributed by atoms with van der Waals surface area (Å²) in [5.74, 6) is 0.863. The van der Waals surface area contributed by atoms with Crippen molar-refractivity contribution in [2.45, 2.75) is 103 Å². The first-order valence-corrected chi connectivity index (χ1v) is 16.5. The second-order valence-corrected chi connectivity index (χ2v) is 15.1. The van der Waals surface area contributed by atoms with E-state index in [-0.39, 0.29) is 41.3 Å². The summed E-state index contributed by atoms with van der Waals surface area (Å²) in [7, 11) is 1.68. The van der Waals surface area contributed by atoms with Gasteiger partial charge in [-0.15, -0.1) is 0 Å². The molecule has 2 fully saturated rings. The molecule has 3 aliphatic rings. The number of carbonyl (C=O) groups is 2. The number of piperazine rings is 1. The normalized spacial score (nSPS) is 23.8. The van der Waals surface area contributed by atoms with Crippen LogP contribution in [-0.2, 0) is 33.6 Å². The minimum absolute atomic E-state index is 0.0126. The van der Waals surface area contributed by atoms with Crippen molar-refractivity contribution in [3.63, 3.8) is 0 Å². The van der Waals surface area contributed by atoms with Gasteiger partial charge in [-0.25, -0.2) is 0 Å². The highest BCUT2D eigenvalue weighted by molar-refractivity contribution is 5.81. The number of hydrogen-bond acceptors (Lipinski definition) is 6. The molecule has 240 valence electrons. The number of fused-ring (bicyclic) bond motifs is 1. The third-order valence-electron chi connectivity index (χ3n) is 9.78. The number of aryl methyl sites for hydroxylation is 2. The molecule has 2 aromatic rings. The van der Waals surface area contributed by atoms with Crippen LogP contribution in [0.25, 0.3) is 0 Å². The second-order valence-electron chi connectivity index (χ2n) is 15.1. The molecule has 7 nitrogen and oxygen atoms in total. The van der Waals surface area contributed by atoms with Gasteiger partial charge in [0, 0.05) is 50.2 Å². The van der Waals surface area contributed by atoms with Gasteiger partial charge in [0.25, 0.3) is 0 Å². The largest absolute Gasteiger partial charge is 0.497 e. The van der Waals surface area contributed by atoms with E-state index in [9.17, 15) is 9.59 Å². The number of carbonyl (C=O) groups excluding carboxylic acids is 2. The predicted octanol–water partition coefficient (Wildman–Crippen LogP) is 5.48. The van der Waals surface area contributed by atoms with Crippen molar-refractivity contribution >= 4 is 11.9 Å². The molecule has 44 heavy (non-hydrogen) atoms. The third kappa shape index (κ3) is 7.31. The highest BCUT2D eigenvalue weighted by atomic mass is 16.6. The standard InChI is InChI=1S/C37H53N3O4/c1-25-22-38(33(35(42)44-37(5,6)7)21-26-12-13-27-10-9-11-29(27)20-26)18-19-40(25)34(41)32-24-39(36(2,3)4)23-31(32)28-14-16-30(43-8)17-15-28/h12-17,20,25,31-33H,9-11,18-19,21-24H2,1-8H3/t25-,31?,32?,33-/m0/s1. The summed E-state index contributed by atoms with van der Waals surface area (Å²) >= 11 is 0. The summed E-state index contributed by atoms with van der Waals surface area (Å²) in [4.78, 5) is 34.8. The maximum absolute atomic E-state index is 14.4. The van der Waals surface area contributed by atoms with Gasteiger partial charge in [-0.05, 0) is 109 Å². The van der Waals surface area contributed by atoms with Gasteiger partial charge in [0.2, 0.25) is 5.91 Å². The molecular weight excluding hydrogens is 550 g/mol. The van der Waals surface area contributed by atoms with Crippen LogP contribution in [0, 0.1) is 5.92 Å². The smallest absolute Gasteiger partial charge is 0.324 e. The summed E-state index contributed by atoms with van der Waals surface area (Å²) < 4.78 is 11.4. The summed E-state index contributed by atoms with van der Waals surface area (Å²) in [6.07, 6.45) is 4.08. The molecule has 0 aromatic heterocycles. The molecule has 2 aliphatic heterocycles. The summed E-state index contributed by atoms with van der Waals surface area (Å²) in [5.41, 5.74) is 4.64. The number of hydrogen-bond donors (Lipinski definition) is 0. The Balaban J connectivity index is 1.33. The molecule has 7 heteroatoms. The van der Waals surface area contributed by atoms with E-state index in [4.69, 9.17) is 9.47 Å². The number of benzene rings is 2. The van der Waals surface area contributed by atoms with E-state index in [0.29, 0.717) is 26.1 Å². The lowest BCUT2D eigenvalue weighted by Crippen LogP contribution is -2.60. The molecule has 5 rings (SSSR count).